The number of nitrogens with zero attached hydrogens (tertiary/aromatic N) is 1. The first-order valence-corrected chi connectivity index (χ1v) is 6.71. The number of carboxylic acid groups (broad SMARTS) is 1. The van der Waals surface area contributed by atoms with E-state index in [1.54, 1.807) is 0 Å². The van der Waals surface area contributed by atoms with Crippen molar-refractivity contribution in [2.75, 3.05) is 5.32 Å². The highest BCUT2D eigenvalue weighted by molar-refractivity contribution is 6.01. The van der Waals surface area contributed by atoms with Gasteiger partial charge in [0.15, 0.2) is 0 Å². The molecule has 2 N–H and O–H groups in total. The SMILES string of the molecule is O=C(O)c1cccnc1NC(=O)C1CC1c1ccccc1. The third-order valence-corrected chi connectivity index (χ3v) is 3.63. The third kappa shape index (κ3) is 2.76. The molecule has 1 aliphatic carbocycles. The van der Waals surface area contributed by atoms with Crippen molar-refractivity contribution in [2.24, 2.45) is 5.92 Å². The molecular weight excluding hydrogens is 268 g/mol. The molecule has 5 heteroatoms. The lowest BCUT2D eigenvalue weighted by Crippen LogP contribution is -2.18. The maximum atomic E-state index is 12.2. The van der Waals surface area contributed by atoms with Crippen LogP contribution in [0.1, 0.15) is 28.3 Å². The number of amides is 1. The Morgan fingerprint density at radius 1 is 1.14 bits per heavy atom. The third-order valence-electron chi connectivity index (χ3n) is 3.63. The van der Waals surface area contributed by atoms with Crippen molar-refractivity contribution in [1.29, 1.82) is 0 Å². The molecule has 1 heterocycles. The highest BCUT2D eigenvalue weighted by Gasteiger charge is 2.44. The molecule has 0 aliphatic heterocycles. The van der Waals surface area contributed by atoms with Crippen LogP contribution in [0.5, 0.6) is 0 Å². The smallest absolute Gasteiger partial charge is 0.339 e. The van der Waals surface area contributed by atoms with Gasteiger partial charge >= 0.3 is 5.97 Å². The number of carbonyl (C=O) groups is 2. The molecule has 1 aliphatic rings. The molecule has 0 saturated heterocycles. The van der Waals surface area contributed by atoms with E-state index < -0.39 is 5.97 Å². The second-order valence-corrected chi connectivity index (χ2v) is 5.05. The fraction of sp³-hybridized carbons (Fsp3) is 0.188. The summed E-state index contributed by atoms with van der Waals surface area (Å²) in [6.07, 6.45) is 2.24. The minimum absolute atomic E-state index is 0.00256. The number of nitrogens with one attached hydrogen (secondary N) is 1. The van der Waals surface area contributed by atoms with Crippen LogP contribution in [0.25, 0.3) is 0 Å². The minimum atomic E-state index is -1.10. The highest BCUT2D eigenvalue weighted by atomic mass is 16.4. The molecule has 1 aromatic heterocycles. The molecule has 0 radical (unpaired) electrons. The first kappa shape index (κ1) is 13.3. The van der Waals surface area contributed by atoms with Crippen molar-refractivity contribution in [3.8, 4) is 0 Å². The average Bonchev–Trinajstić information content (AvgIpc) is 3.29. The summed E-state index contributed by atoms with van der Waals surface area (Å²) in [5, 5.41) is 11.7. The van der Waals surface area contributed by atoms with Gasteiger partial charge in [-0.2, -0.15) is 0 Å². The number of carbonyl (C=O) groups excluding carboxylic acids is 1. The maximum Gasteiger partial charge on any atom is 0.339 e. The maximum absolute atomic E-state index is 12.2. The fourth-order valence-corrected chi connectivity index (χ4v) is 2.44. The van der Waals surface area contributed by atoms with Crippen LogP contribution >= 0.6 is 0 Å². The summed E-state index contributed by atoms with van der Waals surface area (Å²) in [4.78, 5) is 27.2. The molecule has 0 spiro atoms. The average molecular weight is 282 g/mol. The second-order valence-electron chi connectivity index (χ2n) is 5.05. The van der Waals surface area contributed by atoms with Crippen molar-refractivity contribution >= 4 is 17.7 Å². The lowest BCUT2D eigenvalue weighted by molar-refractivity contribution is -0.117. The first-order valence-electron chi connectivity index (χ1n) is 6.71. The lowest BCUT2D eigenvalue weighted by Gasteiger charge is -2.07. The van der Waals surface area contributed by atoms with Gasteiger partial charge in [0.1, 0.15) is 11.4 Å². The topological polar surface area (TPSA) is 79.3 Å². The van der Waals surface area contributed by atoms with Crippen molar-refractivity contribution < 1.29 is 14.7 Å². The summed E-state index contributed by atoms with van der Waals surface area (Å²) < 4.78 is 0. The normalized spacial score (nSPS) is 19.8. The van der Waals surface area contributed by atoms with Gasteiger partial charge in [0.05, 0.1) is 0 Å². The zero-order valence-electron chi connectivity index (χ0n) is 11.2. The number of pyridine rings is 1. The summed E-state index contributed by atoms with van der Waals surface area (Å²) in [5.41, 5.74) is 1.14. The molecule has 1 saturated carbocycles. The van der Waals surface area contributed by atoms with Gasteiger partial charge in [-0.05, 0) is 30.0 Å². The van der Waals surface area contributed by atoms with Gasteiger partial charge in [-0.25, -0.2) is 9.78 Å². The van der Waals surface area contributed by atoms with E-state index in [1.165, 1.54) is 18.3 Å². The molecule has 2 aromatic rings. The first-order chi connectivity index (χ1) is 10.2. The van der Waals surface area contributed by atoms with E-state index >= 15 is 0 Å². The van der Waals surface area contributed by atoms with Gasteiger partial charge in [-0.3, -0.25) is 4.79 Å². The number of anilines is 1. The second kappa shape index (κ2) is 5.36. The van der Waals surface area contributed by atoms with E-state index in [-0.39, 0.29) is 29.1 Å². The predicted molar refractivity (Wildman–Crippen MR) is 77.1 cm³/mol. The van der Waals surface area contributed by atoms with E-state index in [2.05, 4.69) is 10.3 Å². The molecule has 2 unspecified atom stereocenters. The summed E-state index contributed by atoms with van der Waals surface area (Å²) in [5.74, 6) is -1.08. The van der Waals surface area contributed by atoms with Crippen molar-refractivity contribution in [2.45, 2.75) is 12.3 Å². The van der Waals surface area contributed by atoms with Crippen LogP contribution in [0, 0.1) is 5.92 Å². The van der Waals surface area contributed by atoms with Crippen LogP contribution in [-0.4, -0.2) is 22.0 Å². The number of benzene rings is 1. The van der Waals surface area contributed by atoms with Crippen LogP contribution in [-0.2, 0) is 4.79 Å². The summed E-state index contributed by atoms with van der Waals surface area (Å²) >= 11 is 0. The largest absolute Gasteiger partial charge is 0.478 e. The van der Waals surface area contributed by atoms with Gasteiger partial charge in [-0.15, -0.1) is 0 Å². The zero-order valence-corrected chi connectivity index (χ0v) is 11.2. The predicted octanol–water partition coefficient (Wildman–Crippen LogP) is 2.52. The quantitative estimate of drug-likeness (QED) is 0.903. The van der Waals surface area contributed by atoms with Gasteiger partial charge in [0.2, 0.25) is 5.91 Å². The Labute approximate surface area is 121 Å². The number of aromatic carboxylic acids is 1. The summed E-state index contributed by atoms with van der Waals surface area (Å²) in [6, 6.07) is 12.8. The van der Waals surface area contributed by atoms with Crippen LogP contribution < -0.4 is 5.32 Å². The summed E-state index contributed by atoms with van der Waals surface area (Å²) in [7, 11) is 0. The van der Waals surface area contributed by atoms with Crippen LogP contribution in [0.15, 0.2) is 48.7 Å². The van der Waals surface area contributed by atoms with E-state index in [1.807, 2.05) is 30.3 Å². The van der Waals surface area contributed by atoms with Crippen LogP contribution in [0.4, 0.5) is 5.82 Å². The van der Waals surface area contributed by atoms with E-state index in [9.17, 15) is 9.59 Å². The Hall–Kier alpha value is -2.69. The van der Waals surface area contributed by atoms with Gasteiger partial charge in [0, 0.05) is 12.1 Å². The van der Waals surface area contributed by atoms with Gasteiger partial charge < -0.3 is 10.4 Å². The molecule has 1 aromatic carbocycles. The number of rotatable bonds is 4. The lowest BCUT2D eigenvalue weighted by atomic mass is 10.1. The Morgan fingerprint density at radius 2 is 1.90 bits per heavy atom. The monoisotopic (exact) mass is 282 g/mol. The molecule has 1 fully saturated rings. The molecule has 1 amide bonds. The van der Waals surface area contributed by atoms with Crippen molar-refractivity contribution in [1.82, 2.24) is 4.98 Å². The molecule has 3 rings (SSSR count). The number of carboxylic acids is 1. The van der Waals surface area contributed by atoms with E-state index in [0.29, 0.717) is 0 Å². The van der Waals surface area contributed by atoms with E-state index in [0.717, 1.165) is 12.0 Å². The Morgan fingerprint density at radius 3 is 2.62 bits per heavy atom. The number of hydrogen-bond donors (Lipinski definition) is 2. The molecule has 0 bridgehead atoms. The van der Waals surface area contributed by atoms with E-state index in [4.69, 9.17) is 5.11 Å². The fourth-order valence-electron chi connectivity index (χ4n) is 2.44. The van der Waals surface area contributed by atoms with Crippen molar-refractivity contribution in [3.05, 3.63) is 59.8 Å². The number of hydrogen-bond acceptors (Lipinski definition) is 3. The van der Waals surface area contributed by atoms with Crippen molar-refractivity contribution in [3.63, 3.8) is 0 Å². The standard InChI is InChI=1S/C16H14N2O3/c19-15(13-9-12(13)10-5-2-1-3-6-10)18-14-11(16(20)21)7-4-8-17-14/h1-8,12-13H,9H2,(H,20,21)(H,17,18,19). The molecular formula is C16H14N2O3. The van der Waals surface area contributed by atoms with Gasteiger partial charge in [0.25, 0.3) is 0 Å². The Balaban J connectivity index is 1.70. The Bertz CT molecular complexity index is 685. The van der Waals surface area contributed by atoms with Gasteiger partial charge in [-0.1, -0.05) is 30.3 Å². The molecule has 21 heavy (non-hydrogen) atoms. The highest BCUT2D eigenvalue weighted by Crippen LogP contribution is 2.47. The zero-order chi connectivity index (χ0) is 14.8. The summed E-state index contributed by atoms with van der Waals surface area (Å²) in [6.45, 7) is 0. The molecule has 5 nitrogen and oxygen atoms in total. The molecule has 106 valence electrons. The molecule has 2 atom stereocenters. The van der Waals surface area contributed by atoms with Crippen LogP contribution in [0.2, 0.25) is 0 Å². The van der Waals surface area contributed by atoms with Crippen LogP contribution in [0.3, 0.4) is 0 Å². The Kier molecular flexibility index (Phi) is 3.39. The number of aromatic nitrogens is 1. The minimum Gasteiger partial charge on any atom is -0.478 e.